The number of hydrogen-bond donors (Lipinski definition) is 2. The zero-order chi connectivity index (χ0) is 24.6. The highest BCUT2D eigenvalue weighted by Gasteiger charge is 2.17. The summed E-state index contributed by atoms with van der Waals surface area (Å²) in [5, 5.41) is 23.6. The molecule has 0 spiro atoms. The molecule has 0 aliphatic rings. The number of aryl methyl sites for hydroxylation is 1. The van der Waals surface area contributed by atoms with Crippen molar-refractivity contribution in [3.63, 3.8) is 0 Å². The van der Waals surface area contributed by atoms with Crippen molar-refractivity contribution in [2.75, 3.05) is 5.75 Å². The van der Waals surface area contributed by atoms with Crippen LogP contribution in [0.3, 0.4) is 0 Å². The van der Waals surface area contributed by atoms with Crippen LogP contribution in [0.1, 0.15) is 16.7 Å². The van der Waals surface area contributed by atoms with Gasteiger partial charge in [-0.25, -0.2) is 5.43 Å². The minimum absolute atomic E-state index is 0.0835. The van der Waals surface area contributed by atoms with Crippen molar-refractivity contribution in [3.8, 4) is 22.8 Å². The summed E-state index contributed by atoms with van der Waals surface area (Å²) < 4.78 is 1.92. The predicted octanol–water partition coefficient (Wildman–Crippen LogP) is 4.31. The zero-order valence-corrected chi connectivity index (χ0v) is 19.9. The Kier molecular flexibility index (Phi) is 7.69. The number of carbonyl (C=O) groups is 1. The van der Waals surface area contributed by atoms with Crippen molar-refractivity contribution in [2.45, 2.75) is 18.5 Å². The third-order valence-corrected chi connectivity index (χ3v) is 6.03. The summed E-state index contributed by atoms with van der Waals surface area (Å²) in [6.45, 7) is 5.71. The average molecular weight is 485 g/mol. The summed E-state index contributed by atoms with van der Waals surface area (Å²) in [5.41, 5.74) is 6.65. The van der Waals surface area contributed by atoms with E-state index in [0.29, 0.717) is 23.0 Å². The van der Waals surface area contributed by atoms with Crippen LogP contribution in [0.5, 0.6) is 5.75 Å². The van der Waals surface area contributed by atoms with Crippen molar-refractivity contribution in [1.82, 2.24) is 25.2 Å². The Labute approximate surface area is 207 Å². The van der Waals surface area contributed by atoms with E-state index >= 15 is 0 Å². The Morgan fingerprint density at radius 1 is 1.14 bits per heavy atom. The van der Waals surface area contributed by atoms with Gasteiger partial charge < -0.3 is 5.11 Å². The highest BCUT2D eigenvalue weighted by molar-refractivity contribution is 7.99. The molecule has 2 N–H and O–H groups in total. The number of nitrogens with one attached hydrogen (secondary N) is 1. The Morgan fingerprint density at radius 2 is 1.91 bits per heavy atom. The molecule has 176 valence electrons. The molecule has 0 aliphatic heterocycles. The number of hydrazone groups is 1. The molecule has 2 aromatic heterocycles. The number of phenols is 1. The quantitative estimate of drug-likeness (QED) is 0.159. The first-order valence-electron chi connectivity index (χ1n) is 10.9. The summed E-state index contributed by atoms with van der Waals surface area (Å²) in [4.78, 5) is 16.5. The number of nitrogens with zero attached hydrogens (tertiary/aromatic N) is 5. The third kappa shape index (κ3) is 5.82. The van der Waals surface area contributed by atoms with Crippen LogP contribution in [0.4, 0.5) is 0 Å². The average Bonchev–Trinajstić information content (AvgIpc) is 3.30. The van der Waals surface area contributed by atoms with Gasteiger partial charge in [0.2, 0.25) is 0 Å². The fourth-order valence-corrected chi connectivity index (χ4v) is 4.09. The molecule has 0 fully saturated rings. The molecule has 0 saturated carbocycles. The van der Waals surface area contributed by atoms with Gasteiger partial charge in [0.05, 0.1) is 12.0 Å². The number of para-hydroxylation sites is 1. The first-order chi connectivity index (χ1) is 17.1. The molecule has 4 rings (SSSR count). The van der Waals surface area contributed by atoms with E-state index in [2.05, 4.69) is 32.3 Å². The summed E-state index contributed by atoms with van der Waals surface area (Å²) in [7, 11) is 0. The van der Waals surface area contributed by atoms with Crippen LogP contribution in [0, 0.1) is 6.92 Å². The fourth-order valence-electron chi connectivity index (χ4n) is 3.35. The SMILES string of the molecule is C=CCc1cccc(/C=N/NC(=O)CSc2nnc(-c3ccncc3)n2-c2ccc(C)cc2)c1O. The van der Waals surface area contributed by atoms with E-state index in [1.165, 1.54) is 18.0 Å². The number of benzene rings is 2. The van der Waals surface area contributed by atoms with Gasteiger partial charge in [0.25, 0.3) is 5.91 Å². The van der Waals surface area contributed by atoms with E-state index in [4.69, 9.17) is 0 Å². The van der Waals surface area contributed by atoms with E-state index in [9.17, 15) is 9.90 Å². The lowest BCUT2D eigenvalue weighted by Crippen LogP contribution is -2.20. The summed E-state index contributed by atoms with van der Waals surface area (Å²) >= 11 is 1.26. The molecule has 2 aromatic carbocycles. The maximum absolute atomic E-state index is 12.4. The molecular formula is C26H24N6O2S. The van der Waals surface area contributed by atoms with Crippen molar-refractivity contribution < 1.29 is 9.90 Å². The molecular weight excluding hydrogens is 460 g/mol. The predicted molar refractivity (Wildman–Crippen MR) is 138 cm³/mol. The zero-order valence-electron chi connectivity index (χ0n) is 19.1. The lowest BCUT2D eigenvalue weighted by molar-refractivity contribution is -0.118. The van der Waals surface area contributed by atoms with E-state index in [1.54, 1.807) is 24.5 Å². The number of amides is 1. The number of rotatable bonds is 9. The minimum Gasteiger partial charge on any atom is -0.507 e. The molecule has 4 aromatic rings. The molecule has 0 saturated heterocycles. The van der Waals surface area contributed by atoms with E-state index in [1.807, 2.05) is 60.0 Å². The van der Waals surface area contributed by atoms with Gasteiger partial charge in [0, 0.05) is 29.2 Å². The van der Waals surface area contributed by atoms with Crippen molar-refractivity contribution in [2.24, 2.45) is 5.10 Å². The number of aromatic nitrogens is 4. The van der Waals surface area contributed by atoms with Crippen LogP contribution < -0.4 is 5.43 Å². The van der Waals surface area contributed by atoms with Crippen LogP contribution in [0.25, 0.3) is 17.1 Å². The van der Waals surface area contributed by atoms with Gasteiger partial charge in [-0.1, -0.05) is 47.7 Å². The first-order valence-corrected chi connectivity index (χ1v) is 11.8. The fraction of sp³-hybridized carbons (Fsp3) is 0.115. The van der Waals surface area contributed by atoms with Crippen LogP contribution in [0.15, 0.2) is 89.9 Å². The van der Waals surface area contributed by atoms with Crippen molar-refractivity contribution >= 4 is 23.9 Å². The van der Waals surface area contributed by atoms with Gasteiger partial charge in [0.1, 0.15) is 5.75 Å². The highest BCUT2D eigenvalue weighted by Crippen LogP contribution is 2.28. The Balaban J connectivity index is 1.48. The largest absolute Gasteiger partial charge is 0.507 e. The van der Waals surface area contributed by atoms with Gasteiger partial charge in [-0.2, -0.15) is 5.10 Å². The molecule has 0 bridgehead atoms. The smallest absolute Gasteiger partial charge is 0.250 e. The lowest BCUT2D eigenvalue weighted by Gasteiger charge is -2.10. The van der Waals surface area contributed by atoms with Crippen LogP contribution in [0.2, 0.25) is 0 Å². The molecule has 2 heterocycles. The van der Waals surface area contributed by atoms with Gasteiger partial charge in [-0.3, -0.25) is 14.3 Å². The Bertz CT molecular complexity index is 1350. The standard InChI is InChI=1S/C26H24N6O2S/c1-3-5-19-6-4-7-21(24(19)34)16-28-29-23(33)17-35-26-31-30-25(20-12-14-27-15-13-20)32(26)22-10-8-18(2)9-11-22/h3-4,6-16,34H,1,5,17H2,2H3,(H,29,33)/b28-16+. The third-order valence-electron chi connectivity index (χ3n) is 5.10. The summed E-state index contributed by atoms with van der Waals surface area (Å²) in [6, 6.07) is 17.1. The minimum atomic E-state index is -0.308. The molecule has 9 heteroatoms. The van der Waals surface area contributed by atoms with Crippen molar-refractivity contribution in [1.29, 1.82) is 0 Å². The maximum atomic E-state index is 12.4. The number of allylic oxidation sites excluding steroid dienone is 1. The van der Waals surface area contributed by atoms with Gasteiger partial charge >= 0.3 is 0 Å². The Hall–Kier alpha value is -4.24. The van der Waals surface area contributed by atoms with Gasteiger partial charge in [0.15, 0.2) is 11.0 Å². The second kappa shape index (κ2) is 11.3. The van der Waals surface area contributed by atoms with Crippen LogP contribution in [-0.4, -0.2) is 42.7 Å². The van der Waals surface area contributed by atoms with Gasteiger partial charge in [-0.05, 0) is 49.2 Å². The second-order valence-electron chi connectivity index (χ2n) is 7.64. The molecule has 0 unspecified atom stereocenters. The molecule has 0 radical (unpaired) electrons. The normalized spacial score (nSPS) is 11.0. The number of pyridine rings is 1. The molecule has 1 amide bonds. The summed E-state index contributed by atoms with van der Waals surface area (Å²) in [5.74, 6) is 0.554. The van der Waals surface area contributed by atoms with Crippen LogP contribution in [-0.2, 0) is 11.2 Å². The molecule has 0 atom stereocenters. The monoisotopic (exact) mass is 484 g/mol. The number of thioether (sulfide) groups is 1. The molecule has 0 aliphatic carbocycles. The molecule has 8 nitrogen and oxygen atoms in total. The number of aromatic hydroxyl groups is 1. The number of phenolic OH excluding ortho intramolecular Hbond substituents is 1. The maximum Gasteiger partial charge on any atom is 0.250 e. The van der Waals surface area contributed by atoms with Crippen molar-refractivity contribution in [3.05, 3.63) is 96.3 Å². The number of hydrogen-bond acceptors (Lipinski definition) is 7. The summed E-state index contributed by atoms with van der Waals surface area (Å²) in [6.07, 6.45) is 7.07. The van der Waals surface area contributed by atoms with E-state index in [0.717, 1.165) is 22.4 Å². The lowest BCUT2D eigenvalue weighted by atomic mass is 10.1. The van der Waals surface area contributed by atoms with E-state index in [-0.39, 0.29) is 17.4 Å². The van der Waals surface area contributed by atoms with E-state index < -0.39 is 0 Å². The highest BCUT2D eigenvalue weighted by atomic mass is 32.2. The Morgan fingerprint density at radius 3 is 2.66 bits per heavy atom. The first kappa shape index (κ1) is 23.9. The topological polar surface area (TPSA) is 105 Å². The second-order valence-corrected chi connectivity index (χ2v) is 8.59. The molecule has 35 heavy (non-hydrogen) atoms. The number of carbonyl (C=O) groups excluding carboxylic acids is 1. The van der Waals surface area contributed by atoms with Crippen LogP contribution >= 0.6 is 11.8 Å². The van der Waals surface area contributed by atoms with Gasteiger partial charge in [-0.15, -0.1) is 16.8 Å².